The molecule has 1 unspecified atom stereocenters. The van der Waals surface area contributed by atoms with E-state index in [0.717, 1.165) is 30.7 Å². The molecule has 1 atom stereocenters. The highest BCUT2D eigenvalue weighted by Crippen LogP contribution is 2.42. The van der Waals surface area contributed by atoms with Gasteiger partial charge in [-0.15, -0.1) is 11.3 Å². The molecular weight excluding hydrogens is 296 g/mol. The van der Waals surface area contributed by atoms with E-state index in [1.54, 1.807) is 11.3 Å². The molecule has 1 aliphatic carbocycles. The lowest BCUT2D eigenvalue weighted by molar-refractivity contribution is -0.125. The van der Waals surface area contributed by atoms with Crippen LogP contribution in [0.2, 0.25) is 0 Å². The Bertz CT molecular complexity index is 604. The zero-order chi connectivity index (χ0) is 15.1. The molecule has 3 heterocycles. The van der Waals surface area contributed by atoms with E-state index in [0.29, 0.717) is 12.5 Å². The van der Waals surface area contributed by atoms with Crippen LogP contribution in [-0.4, -0.2) is 29.3 Å². The van der Waals surface area contributed by atoms with Gasteiger partial charge in [-0.3, -0.25) is 9.59 Å². The number of nitrogens with one attached hydrogen (secondary N) is 1. The van der Waals surface area contributed by atoms with Crippen LogP contribution in [0.3, 0.4) is 0 Å². The first-order valence-corrected chi connectivity index (χ1v) is 9.32. The number of carbonyl (C=O) groups excluding carboxylic acids is 2. The normalized spacial score (nSPS) is 26.2. The summed E-state index contributed by atoms with van der Waals surface area (Å²) in [5, 5.41) is 5.15. The summed E-state index contributed by atoms with van der Waals surface area (Å²) in [4.78, 5) is 27.7. The van der Waals surface area contributed by atoms with Gasteiger partial charge in [0.05, 0.1) is 4.88 Å². The molecule has 2 fully saturated rings. The molecule has 5 heteroatoms. The summed E-state index contributed by atoms with van der Waals surface area (Å²) in [7, 11) is 0. The number of rotatable bonds is 2. The van der Waals surface area contributed by atoms with Crippen LogP contribution >= 0.6 is 11.3 Å². The van der Waals surface area contributed by atoms with Crippen LogP contribution in [0.15, 0.2) is 5.38 Å². The van der Waals surface area contributed by atoms with Gasteiger partial charge in [-0.05, 0) is 54.5 Å². The summed E-state index contributed by atoms with van der Waals surface area (Å²) in [5.74, 6) is 0.741. The highest BCUT2D eigenvalue weighted by Gasteiger charge is 2.40. The summed E-state index contributed by atoms with van der Waals surface area (Å²) in [5.41, 5.74) is 2.61. The Morgan fingerprint density at radius 3 is 2.68 bits per heavy atom. The molecule has 118 valence electrons. The summed E-state index contributed by atoms with van der Waals surface area (Å²) < 4.78 is 0. The van der Waals surface area contributed by atoms with E-state index < -0.39 is 0 Å². The summed E-state index contributed by atoms with van der Waals surface area (Å²) >= 11 is 1.58. The molecule has 0 radical (unpaired) electrons. The van der Waals surface area contributed by atoms with Gasteiger partial charge in [0.2, 0.25) is 5.91 Å². The van der Waals surface area contributed by atoms with Gasteiger partial charge in [-0.1, -0.05) is 12.8 Å². The molecular formula is C17H22N2O2S. The van der Waals surface area contributed by atoms with Gasteiger partial charge in [-0.2, -0.15) is 0 Å². The molecule has 2 aliphatic heterocycles. The molecule has 1 saturated heterocycles. The Hall–Kier alpha value is -1.36. The van der Waals surface area contributed by atoms with Crippen LogP contribution < -0.4 is 5.32 Å². The predicted molar refractivity (Wildman–Crippen MR) is 86.1 cm³/mol. The van der Waals surface area contributed by atoms with E-state index in [4.69, 9.17) is 0 Å². The van der Waals surface area contributed by atoms with Crippen molar-refractivity contribution in [1.82, 2.24) is 10.2 Å². The van der Waals surface area contributed by atoms with Crippen LogP contribution in [0.5, 0.6) is 0 Å². The molecule has 1 aromatic rings. The predicted octanol–water partition coefficient (Wildman–Crippen LogP) is 3.03. The molecule has 0 spiro atoms. The average molecular weight is 318 g/mol. The van der Waals surface area contributed by atoms with Gasteiger partial charge in [-0.25, -0.2) is 0 Å². The molecule has 22 heavy (non-hydrogen) atoms. The van der Waals surface area contributed by atoms with Crippen LogP contribution in [-0.2, 0) is 11.3 Å². The molecule has 1 saturated carbocycles. The lowest BCUT2D eigenvalue weighted by Crippen LogP contribution is -2.45. The minimum atomic E-state index is -0.272. The topological polar surface area (TPSA) is 49.4 Å². The van der Waals surface area contributed by atoms with Crippen LogP contribution in [0.1, 0.15) is 71.7 Å². The Morgan fingerprint density at radius 1 is 1.09 bits per heavy atom. The number of fused-ring (bicyclic) bond motifs is 1. The maximum atomic E-state index is 12.7. The monoisotopic (exact) mass is 318 g/mol. The third-order valence-electron chi connectivity index (χ3n) is 5.39. The van der Waals surface area contributed by atoms with Gasteiger partial charge in [0.25, 0.3) is 5.91 Å². The summed E-state index contributed by atoms with van der Waals surface area (Å²) in [6.45, 7) is 1.38. The number of carbonyl (C=O) groups is 2. The average Bonchev–Trinajstić information content (AvgIpc) is 3.18. The maximum absolute atomic E-state index is 12.7. The minimum Gasteiger partial charge on any atom is -0.354 e. The van der Waals surface area contributed by atoms with E-state index in [1.165, 1.54) is 36.8 Å². The number of nitrogens with zero attached hydrogens (tertiary/aromatic N) is 1. The van der Waals surface area contributed by atoms with Crippen molar-refractivity contribution in [3.63, 3.8) is 0 Å². The van der Waals surface area contributed by atoms with Gasteiger partial charge in [0, 0.05) is 13.1 Å². The molecule has 4 nitrogen and oxygen atoms in total. The Balaban J connectivity index is 1.59. The molecule has 0 bridgehead atoms. The van der Waals surface area contributed by atoms with Crippen molar-refractivity contribution in [2.75, 3.05) is 6.54 Å². The second-order valence-corrected chi connectivity index (χ2v) is 7.60. The first-order chi connectivity index (χ1) is 10.8. The van der Waals surface area contributed by atoms with Crippen molar-refractivity contribution in [2.45, 2.75) is 63.5 Å². The fourth-order valence-corrected chi connectivity index (χ4v) is 5.28. The van der Waals surface area contributed by atoms with Crippen LogP contribution in [0.4, 0.5) is 0 Å². The smallest absolute Gasteiger partial charge is 0.265 e. The quantitative estimate of drug-likeness (QED) is 0.911. The fourth-order valence-electron chi connectivity index (χ4n) is 4.16. The number of amides is 2. The second-order valence-electron chi connectivity index (χ2n) is 6.72. The van der Waals surface area contributed by atoms with Gasteiger partial charge in [0.15, 0.2) is 0 Å². The summed E-state index contributed by atoms with van der Waals surface area (Å²) in [6, 6.07) is -0.272. The Kier molecular flexibility index (Phi) is 3.68. The van der Waals surface area contributed by atoms with Crippen molar-refractivity contribution in [2.24, 2.45) is 0 Å². The standard InChI is InChI=1S/C17H22N2O2S/c20-16-14(7-3-4-8-18-16)19-9-12-13(11-5-1-2-6-11)10-22-15(12)17(19)21/h10-11,14H,1-9H2,(H,18,20). The molecule has 2 amide bonds. The molecule has 1 N–H and O–H groups in total. The lowest BCUT2D eigenvalue weighted by Gasteiger charge is -2.25. The Morgan fingerprint density at radius 2 is 1.86 bits per heavy atom. The Labute approximate surface area is 134 Å². The van der Waals surface area contributed by atoms with E-state index >= 15 is 0 Å². The van der Waals surface area contributed by atoms with E-state index in [1.807, 2.05) is 4.90 Å². The van der Waals surface area contributed by atoms with E-state index in [2.05, 4.69) is 10.7 Å². The van der Waals surface area contributed by atoms with Gasteiger partial charge >= 0.3 is 0 Å². The zero-order valence-corrected chi connectivity index (χ0v) is 13.6. The van der Waals surface area contributed by atoms with Crippen LogP contribution in [0.25, 0.3) is 0 Å². The SMILES string of the molecule is O=C1NCCCCC1N1Cc2c(C3CCCC3)csc2C1=O. The first kappa shape index (κ1) is 14.2. The van der Waals surface area contributed by atoms with Crippen molar-refractivity contribution >= 4 is 23.2 Å². The number of thiophene rings is 1. The van der Waals surface area contributed by atoms with Gasteiger partial charge < -0.3 is 10.2 Å². The third-order valence-corrected chi connectivity index (χ3v) is 6.42. The third kappa shape index (κ3) is 2.26. The lowest BCUT2D eigenvalue weighted by atomic mass is 9.96. The highest BCUT2D eigenvalue weighted by molar-refractivity contribution is 7.12. The van der Waals surface area contributed by atoms with Gasteiger partial charge in [0.1, 0.15) is 6.04 Å². The fraction of sp³-hybridized carbons (Fsp3) is 0.647. The van der Waals surface area contributed by atoms with E-state index in [-0.39, 0.29) is 17.9 Å². The van der Waals surface area contributed by atoms with Crippen molar-refractivity contribution in [3.8, 4) is 0 Å². The molecule has 4 rings (SSSR count). The second kappa shape index (κ2) is 5.69. The van der Waals surface area contributed by atoms with Crippen molar-refractivity contribution in [1.29, 1.82) is 0 Å². The minimum absolute atomic E-state index is 0.0309. The maximum Gasteiger partial charge on any atom is 0.265 e. The number of hydrogen-bond donors (Lipinski definition) is 1. The largest absolute Gasteiger partial charge is 0.354 e. The zero-order valence-electron chi connectivity index (χ0n) is 12.8. The van der Waals surface area contributed by atoms with Crippen LogP contribution in [0, 0.1) is 0 Å². The van der Waals surface area contributed by atoms with E-state index in [9.17, 15) is 9.59 Å². The highest BCUT2D eigenvalue weighted by atomic mass is 32.1. The van der Waals surface area contributed by atoms with Crippen molar-refractivity contribution < 1.29 is 9.59 Å². The molecule has 0 aromatic carbocycles. The molecule has 1 aromatic heterocycles. The number of hydrogen-bond acceptors (Lipinski definition) is 3. The first-order valence-electron chi connectivity index (χ1n) is 8.44. The van der Waals surface area contributed by atoms with Crippen molar-refractivity contribution in [3.05, 3.63) is 21.4 Å². The molecule has 3 aliphatic rings. The summed E-state index contributed by atoms with van der Waals surface area (Å²) in [6.07, 6.45) is 7.93.